The van der Waals surface area contributed by atoms with Crippen molar-refractivity contribution in [1.29, 1.82) is 0 Å². The molecule has 1 N–H and O–H groups in total. The Bertz CT molecular complexity index is 838. The number of hydrogen-bond donors (Lipinski definition) is 1. The summed E-state index contributed by atoms with van der Waals surface area (Å²) in [6.07, 6.45) is 1.27. The summed E-state index contributed by atoms with van der Waals surface area (Å²) in [7, 11) is 0. The Morgan fingerprint density at radius 1 is 1.32 bits per heavy atom. The van der Waals surface area contributed by atoms with Crippen molar-refractivity contribution < 1.29 is 9.59 Å². The van der Waals surface area contributed by atoms with Crippen LogP contribution < -0.4 is 10.9 Å². The predicted octanol–water partition coefficient (Wildman–Crippen LogP) is 1.25. The summed E-state index contributed by atoms with van der Waals surface area (Å²) in [6, 6.07) is 4.91. The zero-order valence-electron chi connectivity index (χ0n) is 12.5. The average molecular weight is 299 g/mol. The largest absolute Gasteiger partial charge is 0.295 e. The van der Waals surface area contributed by atoms with Gasteiger partial charge in [0.05, 0.1) is 10.9 Å². The Hall–Kier alpha value is -2.50. The Labute approximate surface area is 127 Å². The van der Waals surface area contributed by atoms with Gasteiger partial charge in [-0.05, 0) is 31.4 Å². The number of aryl methyl sites for hydroxylation is 2. The molecule has 6 heteroatoms. The number of hydrogen-bond acceptors (Lipinski definition) is 4. The van der Waals surface area contributed by atoms with Crippen molar-refractivity contribution in [1.82, 2.24) is 14.9 Å². The van der Waals surface area contributed by atoms with Gasteiger partial charge in [-0.3, -0.25) is 24.3 Å². The van der Waals surface area contributed by atoms with E-state index in [1.54, 1.807) is 13.0 Å². The van der Waals surface area contributed by atoms with Crippen LogP contribution in [-0.2, 0) is 16.0 Å². The van der Waals surface area contributed by atoms with Gasteiger partial charge in [0, 0.05) is 6.42 Å². The number of piperidine rings is 1. The number of rotatable bonds is 2. The first-order valence-electron chi connectivity index (χ1n) is 7.37. The lowest BCUT2D eigenvalue weighted by Crippen LogP contribution is -2.45. The number of imide groups is 1. The van der Waals surface area contributed by atoms with Gasteiger partial charge in [0.25, 0.3) is 5.56 Å². The molecule has 0 aliphatic carbocycles. The third kappa shape index (κ3) is 2.20. The second-order valence-corrected chi connectivity index (χ2v) is 5.47. The van der Waals surface area contributed by atoms with Crippen LogP contribution in [0.3, 0.4) is 0 Å². The molecule has 2 amide bonds. The van der Waals surface area contributed by atoms with Crippen LogP contribution in [-0.4, -0.2) is 21.4 Å². The van der Waals surface area contributed by atoms with Gasteiger partial charge in [0.1, 0.15) is 11.9 Å². The van der Waals surface area contributed by atoms with Crippen LogP contribution in [0.5, 0.6) is 0 Å². The zero-order valence-corrected chi connectivity index (χ0v) is 12.5. The Kier molecular flexibility index (Phi) is 3.52. The third-order valence-electron chi connectivity index (χ3n) is 4.09. The summed E-state index contributed by atoms with van der Waals surface area (Å²) in [5.41, 5.74) is 1.34. The van der Waals surface area contributed by atoms with E-state index >= 15 is 0 Å². The van der Waals surface area contributed by atoms with Crippen LogP contribution in [0.1, 0.15) is 37.2 Å². The molecule has 0 spiro atoms. The molecule has 3 rings (SSSR count). The summed E-state index contributed by atoms with van der Waals surface area (Å²) in [5.74, 6) is -0.244. The normalized spacial score (nSPS) is 18.5. The molecule has 1 aliphatic rings. The highest BCUT2D eigenvalue weighted by molar-refractivity contribution is 5.99. The summed E-state index contributed by atoms with van der Waals surface area (Å²) in [4.78, 5) is 40.8. The summed E-state index contributed by atoms with van der Waals surface area (Å²) >= 11 is 0. The number of nitrogens with zero attached hydrogens (tertiary/aromatic N) is 2. The maximum Gasteiger partial charge on any atom is 0.262 e. The molecule has 1 aromatic heterocycles. The molecule has 2 aromatic rings. The van der Waals surface area contributed by atoms with Gasteiger partial charge in [-0.2, -0.15) is 0 Å². The number of nitrogens with one attached hydrogen (secondary N) is 1. The lowest BCUT2D eigenvalue weighted by atomic mass is 10.0. The van der Waals surface area contributed by atoms with E-state index < -0.39 is 11.9 Å². The van der Waals surface area contributed by atoms with Crippen LogP contribution in [0.15, 0.2) is 23.0 Å². The number of benzene rings is 1. The van der Waals surface area contributed by atoms with Gasteiger partial charge in [0.15, 0.2) is 0 Å². The second-order valence-electron chi connectivity index (χ2n) is 5.47. The second kappa shape index (κ2) is 5.36. The minimum atomic E-state index is -0.674. The lowest BCUT2D eigenvalue weighted by Gasteiger charge is -2.24. The van der Waals surface area contributed by atoms with Gasteiger partial charge < -0.3 is 0 Å². The van der Waals surface area contributed by atoms with Crippen molar-refractivity contribution in [3.63, 3.8) is 0 Å². The number of amides is 2. The van der Waals surface area contributed by atoms with E-state index in [0.717, 1.165) is 5.56 Å². The van der Waals surface area contributed by atoms with Crippen LogP contribution in [0.2, 0.25) is 0 Å². The van der Waals surface area contributed by atoms with E-state index in [4.69, 9.17) is 0 Å². The van der Waals surface area contributed by atoms with Crippen LogP contribution in [0.25, 0.3) is 10.9 Å². The quantitative estimate of drug-likeness (QED) is 0.846. The maximum atomic E-state index is 12.9. The molecule has 0 bridgehead atoms. The molecule has 2 heterocycles. The van der Waals surface area contributed by atoms with Gasteiger partial charge in [0.2, 0.25) is 11.8 Å². The van der Waals surface area contributed by atoms with Crippen molar-refractivity contribution >= 4 is 22.7 Å². The third-order valence-corrected chi connectivity index (χ3v) is 4.09. The molecular weight excluding hydrogens is 282 g/mol. The average Bonchev–Trinajstić information content (AvgIpc) is 2.48. The van der Waals surface area contributed by atoms with Gasteiger partial charge in [-0.15, -0.1) is 0 Å². The molecule has 0 saturated carbocycles. The number of fused-ring (bicyclic) bond motifs is 1. The standard InChI is InChI=1S/C16H17N3O3/c1-3-10-5-4-6-11-14(10)16(22)19(9(2)17-11)12-7-8-13(20)18-15(12)21/h4-6,12H,3,7-8H2,1-2H3,(H,18,20,21). The molecule has 1 unspecified atom stereocenters. The smallest absolute Gasteiger partial charge is 0.262 e. The molecule has 1 atom stereocenters. The molecule has 1 aliphatic heterocycles. The fraction of sp³-hybridized carbons (Fsp3) is 0.375. The van der Waals surface area contributed by atoms with E-state index in [9.17, 15) is 14.4 Å². The molecule has 22 heavy (non-hydrogen) atoms. The first-order chi connectivity index (χ1) is 10.5. The highest BCUT2D eigenvalue weighted by Crippen LogP contribution is 2.21. The minimum Gasteiger partial charge on any atom is -0.295 e. The van der Waals surface area contributed by atoms with Crippen LogP contribution in [0.4, 0.5) is 0 Å². The van der Waals surface area contributed by atoms with E-state index in [1.807, 2.05) is 19.1 Å². The first-order valence-corrected chi connectivity index (χ1v) is 7.37. The fourth-order valence-electron chi connectivity index (χ4n) is 3.01. The van der Waals surface area contributed by atoms with Crippen molar-refractivity contribution in [2.45, 2.75) is 39.2 Å². The van der Waals surface area contributed by atoms with Crippen LogP contribution >= 0.6 is 0 Å². The SMILES string of the molecule is CCc1cccc2nc(C)n(C3CCC(=O)NC3=O)c(=O)c12. The molecule has 6 nitrogen and oxygen atoms in total. The number of carbonyl (C=O) groups excluding carboxylic acids is 2. The molecule has 1 saturated heterocycles. The van der Waals surface area contributed by atoms with E-state index in [0.29, 0.717) is 29.6 Å². The van der Waals surface area contributed by atoms with E-state index in [1.165, 1.54) is 4.57 Å². The highest BCUT2D eigenvalue weighted by Gasteiger charge is 2.30. The van der Waals surface area contributed by atoms with Crippen molar-refractivity contribution in [3.8, 4) is 0 Å². The summed E-state index contributed by atoms with van der Waals surface area (Å²) in [6.45, 7) is 3.69. The molecule has 1 aromatic carbocycles. The molecule has 1 fully saturated rings. The highest BCUT2D eigenvalue weighted by atomic mass is 16.2. The Morgan fingerprint density at radius 2 is 2.09 bits per heavy atom. The van der Waals surface area contributed by atoms with Gasteiger partial charge in [-0.25, -0.2) is 4.98 Å². The van der Waals surface area contributed by atoms with Crippen molar-refractivity contribution in [2.24, 2.45) is 0 Å². The zero-order chi connectivity index (χ0) is 15.9. The Morgan fingerprint density at radius 3 is 2.77 bits per heavy atom. The number of aromatic nitrogens is 2. The van der Waals surface area contributed by atoms with Crippen LogP contribution in [0, 0.1) is 6.92 Å². The molecule has 114 valence electrons. The minimum absolute atomic E-state index is 0.213. The maximum absolute atomic E-state index is 12.9. The lowest BCUT2D eigenvalue weighted by molar-refractivity contribution is -0.135. The number of carbonyl (C=O) groups is 2. The Balaban J connectivity index is 2.24. The first kappa shape index (κ1) is 14.4. The van der Waals surface area contributed by atoms with Crippen molar-refractivity contribution in [2.75, 3.05) is 0 Å². The summed E-state index contributed by atoms with van der Waals surface area (Å²) < 4.78 is 1.42. The van der Waals surface area contributed by atoms with Gasteiger partial charge >= 0.3 is 0 Å². The molecular formula is C16H17N3O3. The van der Waals surface area contributed by atoms with Crippen molar-refractivity contribution in [3.05, 3.63) is 39.9 Å². The van der Waals surface area contributed by atoms with Gasteiger partial charge in [-0.1, -0.05) is 19.1 Å². The van der Waals surface area contributed by atoms with E-state index in [2.05, 4.69) is 10.3 Å². The monoisotopic (exact) mass is 299 g/mol. The summed E-state index contributed by atoms with van der Waals surface area (Å²) in [5, 5.41) is 2.85. The fourth-order valence-corrected chi connectivity index (χ4v) is 3.01. The van der Waals surface area contributed by atoms with E-state index in [-0.39, 0.29) is 17.9 Å². The topological polar surface area (TPSA) is 81.1 Å². The predicted molar refractivity (Wildman–Crippen MR) is 81.5 cm³/mol. The molecule has 0 radical (unpaired) electrons.